The molecule has 0 heterocycles. The van der Waals surface area contributed by atoms with Crippen LogP contribution in [0.2, 0.25) is 0 Å². The van der Waals surface area contributed by atoms with Crippen molar-refractivity contribution in [1.29, 1.82) is 0 Å². The van der Waals surface area contributed by atoms with Crippen LogP contribution in [-0.4, -0.2) is 25.5 Å². The van der Waals surface area contributed by atoms with Gasteiger partial charge in [0.1, 0.15) is 0 Å². The van der Waals surface area contributed by atoms with Crippen LogP contribution in [0.1, 0.15) is 17.9 Å². The Hall–Kier alpha value is -1.06. The topological polar surface area (TPSA) is 41.1 Å². The summed E-state index contributed by atoms with van der Waals surface area (Å²) in [5, 5.41) is 5.85. The maximum atomic E-state index is 11.3. The van der Waals surface area contributed by atoms with Crippen molar-refractivity contribution < 1.29 is 4.79 Å². The van der Waals surface area contributed by atoms with E-state index in [0.717, 1.165) is 6.42 Å². The van der Waals surface area contributed by atoms with E-state index in [1.807, 2.05) is 18.2 Å². The Labute approximate surface area is 102 Å². The van der Waals surface area contributed by atoms with Crippen LogP contribution in [-0.2, 0) is 4.79 Å². The van der Waals surface area contributed by atoms with Gasteiger partial charge in [0.25, 0.3) is 0 Å². The first kappa shape index (κ1) is 13.0. The summed E-state index contributed by atoms with van der Waals surface area (Å²) < 4.78 is 0. The van der Waals surface area contributed by atoms with Crippen LogP contribution in [0, 0.1) is 0 Å². The molecule has 1 aliphatic carbocycles. The van der Waals surface area contributed by atoms with Crippen molar-refractivity contribution in [1.82, 2.24) is 10.6 Å². The predicted octanol–water partition coefficient (Wildman–Crippen LogP) is 1.30. The molecule has 4 heteroatoms. The first-order valence-electron chi connectivity index (χ1n) is 5.30. The smallest absolute Gasteiger partial charge is 0.234 e. The molecule has 16 heavy (non-hydrogen) atoms. The molecule has 1 aromatic rings. The molecule has 2 unspecified atom stereocenters. The van der Waals surface area contributed by atoms with E-state index < -0.39 is 0 Å². The fourth-order valence-corrected chi connectivity index (χ4v) is 1.84. The minimum absolute atomic E-state index is 0. The summed E-state index contributed by atoms with van der Waals surface area (Å²) >= 11 is 0. The molecule has 0 bridgehead atoms. The predicted molar refractivity (Wildman–Crippen MR) is 66.9 cm³/mol. The zero-order valence-corrected chi connectivity index (χ0v) is 10.1. The summed E-state index contributed by atoms with van der Waals surface area (Å²) in [7, 11) is 1.78. The van der Waals surface area contributed by atoms with Crippen LogP contribution in [0.3, 0.4) is 0 Å². The Balaban J connectivity index is 0.00000128. The van der Waals surface area contributed by atoms with Crippen molar-refractivity contribution in [3.8, 4) is 0 Å². The van der Waals surface area contributed by atoms with Gasteiger partial charge in [0.2, 0.25) is 5.91 Å². The number of halogens is 1. The fourth-order valence-electron chi connectivity index (χ4n) is 1.84. The average molecular weight is 241 g/mol. The Kier molecular flexibility index (Phi) is 4.77. The van der Waals surface area contributed by atoms with E-state index in [0.29, 0.717) is 18.5 Å². The minimum Gasteiger partial charge on any atom is -0.352 e. The standard InChI is InChI=1S/C12H16N2O.ClH/c1-13-8-12(15)14-11-7-10(11)9-5-3-2-4-6-9;/h2-6,10-11,13H,7-8H2,1H3,(H,14,15);1H. The second-order valence-corrected chi connectivity index (χ2v) is 3.96. The number of rotatable bonds is 4. The zero-order valence-electron chi connectivity index (χ0n) is 9.27. The normalized spacial score (nSPS) is 22.1. The Bertz CT molecular complexity index is 342. The number of carbonyl (C=O) groups excluding carboxylic acids is 1. The third kappa shape index (κ3) is 3.22. The molecule has 0 aliphatic heterocycles. The van der Waals surface area contributed by atoms with Gasteiger partial charge in [0.05, 0.1) is 6.54 Å². The summed E-state index contributed by atoms with van der Waals surface area (Å²) in [6.45, 7) is 0.401. The highest BCUT2D eigenvalue weighted by Crippen LogP contribution is 2.40. The molecule has 1 aliphatic rings. The molecule has 1 aromatic carbocycles. The molecule has 88 valence electrons. The number of amides is 1. The summed E-state index contributed by atoms with van der Waals surface area (Å²) in [5.74, 6) is 0.605. The lowest BCUT2D eigenvalue weighted by molar-refractivity contribution is -0.120. The summed E-state index contributed by atoms with van der Waals surface area (Å²) in [6.07, 6.45) is 1.07. The van der Waals surface area contributed by atoms with Crippen LogP contribution in [0.5, 0.6) is 0 Å². The SMILES string of the molecule is CNCC(=O)NC1CC1c1ccccc1.Cl. The van der Waals surface area contributed by atoms with Gasteiger partial charge in [0, 0.05) is 12.0 Å². The van der Waals surface area contributed by atoms with Crippen LogP contribution < -0.4 is 10.6 Å². The number of benzene rings is 1. The first-order chi connectivity index (χ1) is 7.31. The Morgan fingerprint density at radius 2 is 2.06 bits per heavy atom. The van der Waals surface area contributed by atoms with Gasteiger partial charge in [0.15, 0.2) is 0 Å². The first-order valence-corrected chi connectivity index (χ1v) is 5.30. The lowest BCUT2D eigenvalue weighted by Crippen LogP contribution is -2.34. The highest BCUT2D eigenvalue weighted by atomic mass is 35.5. The molecule has 0 radical (unpaired) electrons. The molecule has 1 fully saturated rings. The number of hydrogen-bond acceptors (Lipinski definition) is 2. The molecule has 0 spiro atoms. The van der Waals surface area contributed by atoms with E-state index in [2.05, 4.69) is 22.8 Å². The average Bonchev–Trinajstić information content (AvgIpc) is 2.99. The van der Waals surface area contributed by atoms with E-state index in [9.17, 15) is 4.79 Å². The van der Waals surface area contributed by atoms with Gasteiger partial charge in [-0.2, -0.15) is 0 Å². The minimum atomic E-state index is 0. The Morgan fingerprint density at radius 1 is 1.38 bits per heavy atom. The summed E-state index contributed by atoms with van der Waals surface area (Å²) in [4.78, 5) is 11.3. The van der Waals surface area contributed by atoms with E-state index in [-0.39, 0.29) is 18.3 Å². The van der Waals surface area contributed by atoms with E-state index in [1.54, 1.807) is 7.05 Å². The third-order valence-corrected chi connectivity index (χ3v) is 2.70. The van der Waals surface area contributed by atoms with Crippen molar-refractivity contribution in [3.05, 3.63) is 35.9 Å². The lowest BCUT2D eigenvalue weighted by Gasteiger charge is -2.03. The van der Waals surface area contributed by atoms with Crippen LogP contribution >= 0.6 is 12.4 Å². The number of carbonyl (C=O) groups is 1. The maximum absolute atomic E-state index is 11.3. The van der Waals surface area contributed by atoms with Gasteiger partial charge >= 0.3 is 0 Å². The van der Waals surface area contributed by atoms with Gasteiger partial charge in [-0.3, -0.25) is 4.79 Å². The van der Waals surface area contributed by atoms with Crippen LogP contribution in [0.25, 0.3) is 0 Å². The zero-order chi connectivity index (χ0) is 10.7. The molecule has 0 aromatic heterocycles. The van der Waals surface area contributed by atoms with Gasteiger partial charge in [-0.15, -0.1) is 12.4 Å². The largest absolute Gasteiger partial charge is 0.352 e. The summed E-state index contributed by atoms with van der Waals surface area (Å²) in [6, 6.07) is 10.7. The van der Waals surface area contributed by atoms with Gasteiger partial charge in [-0.25, -0.2) is 0 Å². The maximum Gasteiger partial charge on any atom is 0.234 e. The van der Waals surface area contributed by atoms with Gasteiger partial charge in [-0.05, 0) is 19.0 Å². The molecule has 2 rings (SSSR count). The molecule has 1 amide bonds. The third-order valence-electron chi connectivity index (χ3n) is 2.70. The second kappa shape index (κ2) is 5.87. The van der Waals surface area contributed by atoms with Crippen molar-refractivity contribution in [2.45, 2.75) is 18.4 Å². The van der Waals surface area contributed by atoms with Gasteiger partial charge < -0.3 is 10.6 Å². The lowest BCUT2D eigenvalue weighted by atomic mass is 10.1. The summed E-state index contributed by atoms with van der Waals surface area (Å²) in [5.41, 5.74) is 1.33. The molecule has 0 saturated heterocycles. The van der Waals surface area contributed by atoms with E-state index in [1.165, 1.54) is 5.56 Å². The van der Waals surface area contributed by atoms with E-state index >= 15 is 0 Å². The quantitative estimate of drug-likeness (QED) is 0.833. The highest BCUT2D eigenvalue weighted by molar-refractivity contribution is 5.85. The van der Waals surface area contributed by atoms with Crippen LogP contribution in [0.15, 0.2) is 30.3 Å². The number of nitrogens with one attached hydrogen (secondary N) is 2. The molecule has 2 atom stereocenters. The number of hydrogen-bond donors (Lipinski definition) is 2. The molecular formula is C12H17ClN2O. The van der Waals surface area contributed by atoms with E-state index in [4.69, 9.17) is 0 Å². The molecular weight excluding hydrogens is 224 g/mol. The van der Waals surface area contributed by atoms with Gasteiger partial charge in [-0.1, -0.05) is 30.3 Å². The highest BCUT2D eigenvalue weighted by Gasteiger charge is 2.38. The molecule has 3 nitrogen and oxygen atoms in total. The van der Waals surface area contributed by atoms with Crippen LogP contribution in [0.4, 0.5) is 0 Å². The molecule has 2 N–H and O–H groups in total. The van der Waals surface area contributed by atoms with Crippen molar-refractivity contribution >= 4 is 18.3 Å². The van der Waals surface area contributed by atoms with Crippen molar-refractivity contribution in [3.63, 3.8) is 0 Å². The Morgan fingerprint density at radius 3 is 2.69 bits per heavy atom. The number of likely N-dealkylation sites (N-methyl/N-ethyl adjacent to an activating group) is 1. The van der Waals surface area contributed by atoms with Crippen molar-refractivity contribution in [2.24, 2.45) is 0 Å². The second-order valence-electron chi connectivity index (χ2n) is 3.96. The fraction of sp³-hybridized carbons (Fsp3) is 0.417. The molecule has 1 saturated carbocycles. The monoisotopic (exact) mass is 240 g/mol. The van der Waals surface area contributed by atoms with Crippen molar-refractivity contribution in [2.75, 3.05) is 13.6 Å².